The third-order valence-electron chi connectivity index (χ3n) is 2.73. The lowest BCUT2D eigenvalue weighted by atomic mass is 10.0. The van der Waals surface area contributed by atoms with Crippen LogP contribution in [-0.4, -0.2) is 49.5 Å². The summed E-state index contributed by atoms with van der Waals surface area (Å²) >= 11 is 3.41. The Bertz CT molecular complexity index is 536. The van der Waals surface area contributed by atoms with Gasteiger partial charge in [-0.15, -0.1) is 0 Å². The molecule has 0 bridgehead atoms. The number of carbonyl (C=O) groups is 2. The van der Waals surface area contributed by atoms with E-state index in [1.807, 2.05) is 19.1 Å². The molecule has 0 radical (unpaired) electrons. The van der Waals surface area contributed by atoms with Crippen molar-refractivity contribution >= 4 is 27.9 Å². The maximum Gasteiger partial charge on any atom is 0.414 e. The van der Waals surface area contributed by atoms with Gasteiger partial charge in [-0.25, -0.2) is 9.59 Å². The van der Waals surface area contributed by atoms with Gasteiger partial charge < -0.3 is 30.2 Å². The maximum absolute atomic E-state index is 9.10. The normalized spacial score (nSPS) is 12.4. The number of aliphatic carboxylic acids is 2. The van der Waals surface area contributed by atoms with Gasteiger partial charge in [0.25, 0.3) is 0 Å². The molecule has 9 heteroatoms. The van der Waals surface area contributed by atoms with Crippen molar-refractivity contribution in [3.63, 3.8) is 0 Å². The van der Waals surface area contributed by atoms with Gasteiger partial charge >= 0.3 is 11.9 Å². The van der Waals surface area contributed by atoms with Crippen LogP contribution in [0.2, 0.25) is 0 Å². The number of carboxylic acid groups (broad SMARTS) is 2. The number of rotatable bonds is 5. The molecule has 2 atom stereocenters. The Hall–Kier alpha value is -1.84. The Balaban J connectivity index is 0.000000688. The molecule has 1 aromatic rings. The summed E-state index contributed by atoms with van der Waals surface area (Å²) in [4.78, 5) is 18.2. The lowest BCUT2D eigenvalue weighted by Crippen LogP contribution is -2.26. The minimum absolute atomic E-state index is 0.139. The van der Waals surface area contributed by atoms with Gasteiger partial charge in [-0.1, -0.05) is 0 Å². The summed E-state index contributed by atoms with van der Waals surface area (Å²) in [5, 5.41) is 14.8. The van der Waals surface area contributed by atoms with Crippen molar-refractivity contribution in [2.75, 3.05) is 21.3 Å². The van der Waals surface area contributed by atoms with Crippen LogP contribution in [0.3, 0.4) is 0 Å². The zero-order chi connectivity index (χ0) is 18.2. The van der Waals surface area contributed by atoms with Crippen LogP contribution in [0.15, 0.2) is 16.6 Å². The standard InChI is InChI=1S/C12H18BrNO3.C2H2O4/c1-7(14)12(17-4)8-5-11(16-3)9(13)6-10(8)15-2;3-1(4)2(5)6/h5-7,12H,14H2,1-4H3;(H,3,4)(H,5,6)/t7-,12+;/m0./s1. The predicted molar refractivity (Wildman–Crippen MR) is 85.9 cm³/mol. The van der Waals surface area contributed by atoms with Gasteiger partial charge in [0.1, 0.15) is 17.6 Å². The predicted octanol–water partition coefficient (Wildman–Crippen LogP) is 1.66. The van der Waals surface area contributed by atoms with Crippen molar-refractivity contribution in [3.05, 3.63) is 22.2 Å². The first-order valence-electron chi connectivity index (χ1n) is 6.35. The maximum atomic E-state index is 9.10. The molecule has 0 saturated heterocycles. The molecule has 0 aliphatic rings. The minimum atomic E-state index is -1.82. The Morgan fingerprint density at radius 2 is 1.57 bits per heavy atom. The largest absolute Gasteiger partial charge is 0.496 e. The van der Waals surface area contributed by atoms with E-state index in [2.05, 4.69) is 15.9 Å². The quantitative estimate of drug-likeness (QED) is 0.644. The Kier molecular flexibility index (Phi) is 9.23. The number of hydrogen-bond acceptors (Lipinski definition) is 6. The third kappa shape index (κ3) is 6.43. The number of halogens is 1. The number of ether oxygens (including phenoxy) is 3. The minimum Gasteiger partial charge on any atom is -0.496 e. The summed E-state index contributed by atoms with van der Waals surface area (Å²) in [6, 6.07) is 3.59. The molecule has 4 N–H and O–H groups in total. The lowest BCUT2D eigenvalue weighted by Gasteiger charge is -2.22. The van der Waals surface area contributed by atoms with Crippen LogP contribution >= 0.6 is 15.9 Å². The summed E-state index contributed by atoms with van der Waals surface area (Å²) in [6.07, 6.45) is -0.230. The summed E-state index contributed by atoms with van der Waals surface area (Å²) in [5.41, 5.74) is 6.78. The highest BCUT2D eigenvalue weighted by atomic mass is 79.9. The van der Waals surface area contributed by atoms with E-state index in [9.17, 15) is 0 Å². The van der Waals surface area contributed by atoms with Gasteiger partial charge in [0, 0.05) is 18.7 Å². The molecule has 8 nitrogen and oxygen atoms in total. The van der Waals surface area contributed by atoms with Crippen LogP contribution in [0.25, 0.3) is 0 Å². The van der Waals surface area contributed by atoms with E-state index in [0.717, 1.165) is 21.5 Å². The summed E-state index contributed by atoms with van der Waals surface area (Å²) in [7, 11) is 4.86. The van der Waals surface area contributed by atoms with Crippen LogP contribution in [0, 0.1) is 0 Å². The fraction of sp³-hybridized carbons (Fsp3) is 0.429. The molecule has 0 aromatic heterocycles. The van der Waals surface area contributed by atoms with E-state index in [0.29, 0.717) is 0 Å². The van der Waals surface area contributed by atoms with Crippen LogP contribution in [0.5, 0.6) is 11.5 Å². The van der Waals surface area contributed by atoms with E-state index in [1.165, 1.54) is 0 Å². The average Bonchev–Trinajstić information content (AvgIpc) is 2.49. The van der Waals surface area contributed by atoms with Crippen molar-refractivity contribution in [2.24, 2.45) is 5.73 Å². The molecule has 0 amide bonds. The molecule has 0 aliphatic carbocycles. The zero-order valence-electron chi connectivity index (χ0n) is 13.2. The lowest BCUT2D eigenvalue weighted by molar-refractivity contribution is -0.159. The first-order chi connectivity index (χ1) is 10.7. The van der Waals surface area contributed by atoms with Crippen molar-refractivity contribution in [2.45, 2.75) is 19.1 Å². The highest BCUT2D eigenvalue weighted by Crippen LogP contribution is 2.37. The van der Waals surface area contributed by atoms with Crippen LogP contribution in [0.4, 0.5) is 0 Å². The Labute approximate surface area is 142 Å². The monoisotopic (exact) mass is 393 g/mol. The second-order valence-electron chi connectivity index (χ2n) is 4.35. The highest BCUT2D eigenvalue weighted by molar-refractivity contribution is 9.10. The van der Waals surface area contributed by atoms with Crippen LogP contribution < -0.4 is 15.2 Å². The van der Waals surface area contributed by atoms with E-state index in [-0.39, 0.29) is 12.1 Å². The average molecular weight is 394 g/mol. The van der Waals surface area contributed by atoms with E-state index < -0.39 is 11.9 Å². The molecule has 0 fully saturated rings. The van der Waals surface area contributed by atoms with E-state index >= 15 is 0 Å². The SMILES string of the molecule is COc1cc([C@H](OC)[C@H](C)N)c(OC)cc1Br.O=C(O)C(=O)O. The molecule has 0 heterocycles. The molecule has 0 unspecified atom stereocenters. The van der Waals surface area contributed by atoms with Crippen molar-refractivity contribution < 1.29 is 34.0 Å². The smallest absolute Gasteiger partial charge is 0.414 e. The third-order valence-corrected chi connectivity index (χ3v) is 3.34. The fourth-order valence-electron chi connectivity index (χ4n) is 1.73. The number of nitrogens with two attached hydrogens (primary N) is 1. The van der Waals surface area contributed by atoms with Crippen molar-refractivity contribution in [1.29, 1.82) is 0 Å². The zero-order valence-corrected chi connectivity index (χ0v) is 14.8. The Morgan fingerprint density at radius 1 is 1.09 bits per heavy atom. The number of hydrogen-bond donors (Lipinski definition) is 3. The molecule has 0 spiro atoms. The molecule has 1 aromatic carbocycles. The first kappa shape index (κ1) is 21.2. The van der Waals surface area contributed by atoms with Crippen molar-refractivity contribution in [1.82, 2.24) is 0 Å². The van der Waals surface area contributed by atoms with Gasteiger partial charge in [0.15, 0.2) is 0 Å². The second-order valence-corrected chi connectivity index (χ2v) is 5.21. The first-order valence-corrected chi connectivity index (χ1v) is 7.14. The van der Waals surface area contributed by atoms with Gasteiger partial charge in [-0.3, -0.25) is 0 Å². The number of methoxy groups -OCH3 is 3. The van der Waals surface area contributed by atoms with Gasteiger partial charge in [0.05, 0.1) is 18.7 Å². The summed E-state index contributed by atoms with van der Waals surface area (Å²) < 4.78 is 16.8. The van der Waals surface area contributed by atoms with Crippen molar-refractivity contribution in [3.8, 4) is 11.5 Å². The molecule has 0 aliphatic heterocycles. The molecule has 23 heavy (non-hydrogen) atoms. The molecular formula is C14H20BrNO7. The summed E-state index contributed by atoms with van der Waals surface area (Å²) in [5.74, 6) is -2.20. The van der Waals surface area contributed by atoms with Gasteiger partial charge in [-0.2, -0.15) is 0 Å². The fourth-order valence-corrected chi connectivity index (χ4v) is 2.22. The topological polar surface area (TPSA) is 128 Å². The van der Waals surface area contributed by atoms with Crippen LogP contribution in [-0.2, 0) is 14.3 Å². The van der Waals surface area contributed by atoms with Crippen LogP contribution in [0.1, 0.15) is 18.6 Å². The van der Waals surface area contributed by atoms with E-state index in [4.69, 9.17) is 39.7 Å². The second kappa shape index (κ2) is 10.0. The van der Waals surface area contributed by atoms with Gasteiger partial charge in [0.2, 0.25) is 0 Å². The summed E-state index contributed by atoms with van der Waals surface area (Å²) in [6.45, 7) is 1.89. The Morgan fingerprint density at radius 3 is 1.87 bits per heavy atom. The number of benzene rings is 1. The molecule has 1 rings (SSSR count). The molecule has 0 saturated carbocycles. The molecular weight excluding hydrogens is 374 g/mol. The highest BCUT2D eigenvalue weighted by Gasteiger charge is 2.21. The molecule has 130 valence electrons. The number of carboxylic acids is 2. The van der Waals surface area contributed by atoms with Gasteiger partial charge in [-0.05, 0) is 35.0 Å². The van der Waals surface area contributed by atoms with E-state index in [1.54, 1.807) is 21.3 Å².